The van der Waals surface area contributed by atoms with Gasteiger partial charge in [0.2, 0.25) is 0 Å². The molecule has 0 spiro atoms. The maximum atomic E-state index is 11.4. The van der Waals surface area contributed by atoms with Gasteiger partial charge >= 0.3 is 0 Å². The fourth-order valence-corrected chi connectivity index (χ4v) is 5.96. The number of nitrogens with zero attached hydrogens (tertiary/aromatic N) is 1. The van der Waals surface area contributed by atoms with Gasteiger partial charge in [0, 0.05) is 28.3 Å². The molecule has 1 aliphatic heterocycles. The molecular formula is C26H23ClN2O2S. The van der Waals surface area contributed by atoms with Crippen LogP contribution >= 0.6 is 23.4 Å². The molecule has 0 saturated carbocycles. The number of nitrogens with one attached hydrogen (secondary N) is 1. The molecule has 32 heavy (non-hydrogen) atoms. The highest BCUT2D eigenvalue weighted by Gasteiger charge is 2.39. The lowest BCUT2D eigenvalue weighted by Gasteiger charge is -2.38. The number of rotatable bonds is 5. The summed E-state index contributed by atoms with van der Waals surface area (Å²) < 4.78 is 0. The number of halogens is 1. The zero-order valence-electron chi connectivity index (χ0n) is 17.6. The van der Waals surface area contributed by atoms with Crippen molar-refractivity contribution in [3.63, 3.8) is 0 Å². The summed E-state index contributed by atoms with van der Waals surface area (Å²) >= 11 is 7.91. The Morgan fingerprint density at radius 2 is 1.97 bits per heavy atom. The van der Waals surface area contributed by atoms with E-state index in [1.807, 2.05) is 23.9 Å². The Labute approximate surface area is 196 Å². The number of nitro benzene ring substituents is 1. The Morgan fingerprint density at radius 1 is 1.16 bits per heavy atom. The maximum absolute atomic E-state index is 11.4. The number of aryl methyl sites for hydroxylation is 1. The van der Waals surface area contributed by atoms with Crippen molar-refractivity contribution in [2.24, 2.45) is 5.92 Å². The van der Waals surface area contributed by atoms with Crippen LogP contribution in [0, 0.1) is 23.0 Å². The van der Waals surface area contributed by atoms with Gasteiger partial charge in [-0.25, -0.2) is 0 Å². The van der Waals surface area contributed by atoms with E-state index in [4.69, 9.17) is 11.6 Å². The van der Waals surface area contributed by atoms with Gasteiger partial charge < -0.3 is 5.32 Å². The number of hydrogen-bond acceptors (Lipinski definition) is 4. The molecule has 3 aromatic rings. The van der Waals surface area contributed by atoms with Crippen LogP contribution in [0.2, 0.25) is 5.02 Å². The van der Waals surface area contributed by atoms with E-state index >= 15 is 0 Å². The lowest BCUT2D eigenvalue weighted by Crippen LogP contribution is -2.29. The van der Waals surface area contributed by atoms with E-state index < -0.39 is 4.92 Å². The summed E-state index contributed by atoms with van der Waals surface area (Å²) in [5, 5.41) is 15.3. The van der Waals surface area contributed by atoms with Crippen LogP contribution in [-0.4, -0.2) is 4.92 Å². The second-order valence-electron chi connectivity index (χ2n) is 8.42. The van der Waals surface area contributed by atoms with Crippen molar-refractivity contribution < 1.29 is 4.92 Å². The number of fused-ring (bicyclic) bond motifs is 3. The molecule has 0 amide bonds. The first-order valence-corrected chi connectivity index (χ1v) is 12.1. The minimum Gasteiger partial charge on any atom is -0.377 e. The molecule has 3 aromatic carbocycles. The molecule has 1 N–H and O–H groups in total. The second-order valence-corrected chi connectivity index (χ2v) is 9.88. The normalized spacial score (nSPS) is 21.0. The van der Waals surface area contributed by atoms with Crippen LogP contribution in [0.4, 0.5) is 11.4 Å². The van der Waals surface area contributed by atoms with Crippen molar-refractivity contribution in [1.82, 2.24) is 0 Å². The van der Waals surface area contributed by atoms with Crippen LogP contribution in [0.3, 0.4) is 0 Å². The Kier molecular flexibility index (Phi) is 5.70. The van der Waals surface area contributed by atoms with Gasteiger partial charge in [-0.15, -0.1) is 11.8 Å². The Balaban J connectivity index is 1.47. The van der Waals surface area contributed by atoms with Gasteiger partial charge in [0.25, 0.3) is 5.69 Å². The van der Waals surface area contributed by atoms with Crippen LogP contribution < -0.4 is 5.32 Å². The van der Waals surface area contributed by atoms with Crippen molar-refractivity contribution in [3.05, 3.63) is 110 Å². The number of allylic oxidation sites excluding steroid dienone is 2. The lowest BCUT2D eigenvalue weighted by molar-refractivity contribution is -0.384. The molecule has 0 fully saturated rings. The summed E-state index contributed by atoms with van der Waals surface area (Å²) in [6, 6.07) is 20.2. The standard InChI is InChI=1S/C26H23ClN2O2S/c1-16-12-17(15-32-19-6-3-2-4-7-19)13-22-20-8-5-9-21(20)26(28-25(16)22)18-10-11-23(27)24(14-18)29(30)31/h2-8,10-14,20-21,26,28H,9,15H2,1H3/t20-,21-,26+/m0/s1. The molecule has 6 heteroatoms. The highest BCUT2D eigenvalue weighted by atomic mass is 35.5. The number of nitro groups is 1. The lowest BCUT2D eigenvalue weighted by atomic mass is 9.76. The number of anilines is 1. The summed E-state index contributed by atoms with van der Waals surface area (Å²) in [6.07, 6.45) is 5.49. The number of benzene rings is 3. The molecule has 0 saturated heterocycles. The monoisotopic (exact) mass is 462 g/mol. The highest BCUT2D eigenvalue weighted by Crippen LogP contribution is 2.51. The Morgan fingerprint density at radius 3 is 2.75 bits per heavy atom. The molecule has 0 radical (unpaired) electrons. The fourth-order valence-electron chi connectivity index (χ4n) is 4.92. The first-order chi connectivity index (χ1) is 15.5. The van der Waals surface area contributed by atoms with E-state index in [0.717, 1.165) is 23.4 Å². The molecule has 3 atom stereocenters. The number of thioether (sulfide) groups is 1. The van der Waals surface area contributed by atoms with Crippen molar-refractivity contribution in [2.45, 2.75) is 36.0 Å². The average molecular weight is 463 g/mol. The summed E-state index contributed by atoms with van der Waals surface area (Å²) in [7, 11) is 0. The predicted octanol–water partition coefficient (Wildman–Crippen LogP) is 7.68. The van der Waals surface area contributed by atoms with Gasteiger partial charge in [-0.05, 0) is 59.7 Å². The summed E-state index contributed by atoms with van der Waals surface area (Å²) in [6.45, 7) is 2.14. The Hall–Kier alpha value is -2.76. The van der Waals surface area contributed by atoms with Gasteiger partial charge in [-0.3, -0.25) is 10.1 Å². The third-order valence-electron chi connectivity index (χ3n) is 6.40. The maximum Gasteiger partial charge on any atom is 0.288 e. The first-order valence-electron chi connectivity index (χ1n) is 10.7. The summed E-state index contributed by atoms with van der Waals surface area (Å²) in [5.74, 6) is 1.54. The minimum atomic E-state index is -0.408. The SMILES string of the molecule is Cc1cc(CSc2ccccc2)cc2c1N[C@H](c1ccc(Cl)c([N+](=O)[O-])c1)[C@H]1CC=C[C@H]21. The molecule has 1 aliphatic carbocycles. The van der Waals surface area contributed by atoms with Gasteiger partial charge in [0.1, 0.15) is 5.02 Å². The molecule has 5 rings (SSSR count). The van der Waals surface area contributed by atoms with Gasteiger partial charge in [0.15, 0.2) is 0 Å². The third-order valence-corrected chi connectivity index (χ3v) is 7.80. The molecule has 2 aliphatic rings. The zero-order chi connectivity index (χ0) is 22.2. The Bertz CT molecular complexity index is 1210. The minimum absolute atomic E-state index is 0.00158. The van der Waals surface area contributed by atoms with E-state index in [0.29, 0.717) is 11.8 Å². The van der Waals surface area contributed by atoms with E-state index in [9.17, 15) is 10.1 Å². The van der Waals surface area contributed by atoms with Crippen molar-refractivity contribution in [2.75, 3.05) is 5.32 Å². The number of hydrogen-bond donors (Lipinski definition) is 1. The predicted molar refractivity (Wildman–Crippen MR) is 132 cm³/mol. The molecule has 162 valence electrons. The molecular weight excluding hydrogens is 440 g/mol. The van der Waals surface area contributed by atoms with Crippen LogP contribution in [-0.2, 0) is 5.75 Å². The van der Waals surface area contributed by atoms with Crippen LogP contribution in [0.15, 0.2) is 77.7 Å². The van der Waals surface area contributed by atoms with Crippen molar-refractivity contribution in [3.8, 4) is 0 Å². The topological polar surface area (TPSA) is 55.2 Å². The summed E-state index contributed by atoms with van der Waals surface area (Å²) in [4.78, 5) is 12.3. The zero-order valence-corrected chi connectivity index (χ0v) is 19.2. The molecule has 1 heterocycles. The van der Waals surface area contributed by atoms with E-state index in [1.54, 1.807) is 12.1 Å². The largest absolute Gasteiger partial charge is 0.377 e. The van der Waals surface area contributed by atoms with E-state index in [2.05, 4.69) is 60.8 Å². The van der Waals surface area contributed by atoms with Crippen LogP contribution in [0.25, 0.3) is 0 Å². The average Bonchev–Trinajstić information content (AvgIpc) is 3.29. The molecule has 0 bridgehead atoms. The van der Waals surface area contributed by atoms with E-state index in [-0.39, 0.29) is 16.8 Å². The fraction of sp³-hybridized carbons (Fsp3) is 0.231. The molecule has 0 unspecified atom stereocenters. The smallest absolute Gasteiger partial charge is 0.288 e. The van der Waals surface area contributed by atoms with E-state index in [1.165, 1.54) is 21.6 Å². The second kappa shape index (κ2) is 8.64. The molecule has 4 nitrogen and oxygen atoms in total. The van der Waals surface area contributed by atoms with Crippen molar-refractivity contribution >= 4 is 34.7 Å². The van der Waals surface area contributed by atoms with Crippen LogP contribution in [0.5, 0.6) is 0 Å². The van der Waals surface area contributed by atoms with Crippen molar-refractivity contribution in [1.29, 1.82) is 0 Å². The van der Waals surface area contributed by atoms with Crippen LogP contribution in [0.1, 0.15) is 40.6 Å². The van der Waals surface area contributed by atoms with Gasteiger partial charge in [-0.1, -0.05) is 60.2 Å². The molecule has 0 aromatic heterocycles. The highest BCUT2D eigenvalue weighted by molar-refractivity contribution is 7.98. The first kappa shape index (κ1) is 21.1. The third kappa shape index (κ3) is 3.91. The van der Waals surface area contributed by atoms with Gasteiger partial charge in [0.05, 0.1) is 11.0 Å². The quantitative estimate of drug-likeness (QED) is 0.183. The van der Waals surface area contributed by atoms with Gasteiger partial charge in [-0.2, -0.15) is 0 Å². The summed E-state index contributed by atoms with van der Waals surface area (Å²) in [5.41, 5.74) is 5.87.